The third-order valence-corrected chi connectivity index (χ3v) is 6.28. The summed E-state index contributed by atoms with van der Waals surface area (Å²) < 4.78 is 16.9. The molecule has 176 valence electrons. The van der Waals surface area contributed by atoms with Crippen LogP contribution in [0.25, 0.3) is 43.5 Å². The number of rotatable bonds is 5. The molecule has 6 aromatic rings. The Balaban J connectivity index is 1.26. The van der Waals surface area contributed by atoms with E-state index in [2.05, 4.69) is 5.32 Å². The molecule has 0 fully saturated rings. The number of ether oxygens (including phenoxy) is 2. The molecule has 0 aliphatic carbocycles. The largest absolute Gasteiger partial charge is 0.495 e. The molecule has 0 radical (unpaired) electrons. The fourth-order valence-electron chi connectivity index (χ4n) is 4.64. The molecule has 1 N–H and O–H groups in total. The van der Waals surface area contributed by atoms with Crippen LogP contribution in [-0.2, 0) is 9.53 Å². The molecule has 6 rings (SSSR count). The molecule has 1 amide bonds. The van der Waals surface area contributed by atoms with Crippen LogP contribution in [-0.4, -0.2) is 25.6 Å². The van der Waals surface area contributed by atoms with Crippen LogP contribution in [0.1, 0.15) is 10.4 Å². The zero-order valence-electron chi connectivity index (χ0n) is 19.4. The standard InChI is InChI=1S/C30H21NO5/c1-34-27-15-23-22-12-6-7-13-25(22)36-26(23)16-24(27)31-28(32)17-35-30(33)29-20-10-4-2-8-18(20)14-19-9-3-5-11-21(19)29/h2-16H,17H2,1H3,(H,31,32). The van der Waals surface area contributed by atoms with Crippen LogP contribution in [0.15, 0.2) is 95.4 Å². The van der Waals surface area contributed by atoms with Crippen molar-refractivity contribution < 1.29 is 23.5 Å². The van der Waals surface area contributed by atoms with Crippen molar-refractivity contribution in [2.24, 2.45) is 0 Å². The highest BCUT2D eigenvalue weighted by molar-refractivity contribution is 6.17. The summed E-state index contributed by atoms with van der Waals surface area (Å²) in [6.07, 6.45) is 0. The third kappa shape index (κ3) is 3.69. The summed E-state index contributed by atoms with van der Waals surface area (Å²) in [4.78, 5) is 26.0. The van der Waals surface area contributed by atoms with Gasteiger partial charge in [0.15, 0.2) is 6.61 Å². The summed E-state index contributed by atoms with van der Waals surface area (Å²) >= 11 is 0. The Morgan fingerprint density at radius 2 is 1.39 bits per heavy atom. The monoisotopic (exact) mass is 475 g/mol. The van der Waals surface area contributed by atoms with Crippen molar-refractivity contribution in [3.63, 3.8) is 0 Å². The molecule has 0 atom stereocenters. The van der Waals surface area contributed by atoms with E-state index in [0.717, 1.165) is 37.9 Å². The second-order valence-corrected chi connectivity index (χ2v) is 8.47. The van der Waals surface area contributed by atoms with Gasteiger partial charge >= 0.3 is 5.97 Å². The average molecular weight is 476 g/mol. The van der Waals surface area contributed by atoms with Gasteiger partial charge in [-0.3, -0.25) is 4.79 Å². The molecule has 6 heteroatoms. The highest BCUT2D eigenvalue weighted by atomic mass is 16.5. The summed E-state index contributed by atoms with van der Waals surface area (Å²) in [6.45, 7) is -0.447. The minimum atomic E-state index is -0.558. The number of carbonyl (C=O) groups is 2. The molecule has 0 spiro atoms. The number of methoxy groups -OCH3 is 1. The minimum absolute atomic E-state index is 0.431. The fourth-order valence-corrected chi connectivity index (χ4v) is 4.64. The van der Waals surface area contributed by atoms with Crippen molar-refractivity contribution in [1.82, 2.24) is 0 Å². The van der Waals surface area contributed by atoms with Gasteiger partial charge in [0, 0.05) is 16.8 Å². The second kappa shape index (κ2) is 8.74. The summed E-state index contributed by atoms with van der Waals surface area (Å²) in [5.74, 6) is -0.562. The molecule has 0 bridgehead atoms. The average Bonchev–Trinajstić information content (AvgIpc) is 3.27. The first-order chi connectivity index (χ1) is 17.6. The number of fused-ring (bicyclic) bond motifs is 5. The Kier molecular flexibility index (Phi) is 5.26. The smallest absolute Gasteiger partial charge is 0.339 e. The van der Waals surface area contributed by atoms with Crippen LogP contribution < -0.4 is 10.1 Å². The lowest BCUT2D eigenvalue weighted by Crippen LogP contribution is -2.21. The molecule has 0 saturated heterocycles. The van der Waals surface area contributed by atoms with Gasteiger partial charge in [-0.25, -0.2) is 4.79 Å². The normalized spacial score (nSPS) is 11.2. The van der Waals surface area contributed by atoms with Gasteiger partial charge in [-0.1, -0.05) is 66.7 Å². The predicted octanol–water partition coefficient (Wildman–Crippen LogP) is 6.70. The topological polar surface area (TPSA) is 77.8 Å². The fraction of sp³-hybridized carbons (Fsp3) is 0.0667. The van der Waals surface area contributed by atoms with E-state index in [1.165, 1.54) is 7.11 Å². The van der Waals surface area contributed by atoms with Gasteiger partial charge in [-0.05, 0) is 39.7 Å². The Morgan fingerprint density at radius 1 is 0.750 bits per heavy atom. The van der Waals surface area contributed by atoms with E-state index < -0.39 is 18.5 Å². The van der Waals surface area contributed by atoms with Crippen molar-refractivity contribution >= 4 is 61.0 Å². The van der Waals surface area contributed by atoms with Crippen molar-refractivity contribution in [1.29, 1.82) is 0 Å². The maximum atomic E-state index is 13.2. The van der Waals surface area contributed by atoms with E-state index in [-0.39, 0.29) is 0 Å². The van der Waals surface area contributed by atoms with Crippen molar-refractivity contribution in [2.45, 2.75) is 0 Å². The Bertz CT molecular complexity index is 1750. The van der Waals surface area contributed by atoms with E-state index in [9.17, 15) is 9.59 Å². The van der Waals surface area contributed by atoms with Gasteiger partial charge in [0.1, 0.15) is 16.9 Å². The van der Waals surface area contributed by atoms with Crippen LogP contribution >= 0.6 is 0 Å². The molecule has 0 aliphatic heterocycles. The number of furan rings is 1. The molecule has 6 nitrogen and oxygen atoms in total. The van der Waals surface area contributed by atoms with Gasteiger partial charge < -0.3 is 19.2 Å². The van der Waals surface area contributed by atoms with Crippen LogP contribution in [0.5, 0.6) is 5.75 Å². The number of anilines is 1. The van der Waals surface area contributed by atoms with E-state index >= 15 is 0 Å². The van der Waals surface area contributed by atoms with E-state index in [1.54, 1.807) is 6.07 Å². The maximum Gasteiger partial charge on any atom is 0.339 e. The first kappa shape index (κ1) is 21.7. The third-order valence-electron chi connectivity index (χ3n) is 6.28. The predicted molar refractivity (Wildman–Crippen MR) is 141 cm³/mol. The lowest BCUT2D eigenvalue weighted by molar-refractivity contribution is -0.119. The molecule has 36 heavy (non-hydrogen) atoms. The number of hydrogen-bond donors (Lipinski definition) is 1. The number of para-hydroxylation sites is 1. The number of nitrogens with one attached hydrogen (secondary N) is 1. The van der Waals surface area contributed by atoms with Crippen LogP contribution in [0.2, 0.25) is 0 Å². The Morgan fingerprint density at radius 3 is 2.08 bits per heavy atom. The van der Waals surface area contributed by atoms with E-state index in [0.29, 0.717) is 22.6 Å². The maximum absolute atomic E-state index is 13.2. The summed E-state index contributed by atoms with van der Waals surface area (Å²) in [5.41, 5.74) is 2.24. The number of hydrogen-bond acceptors (Lipinski definition) is 5. The first-order valence-electron chi connectivity index (χ1n) is 11.5. The summed E-state index contributed by atoms with van der Waals surface area (Å²) in [5, 5.41) is 8.03. The first-order valence-corrected chi connectivity index (χ1v) is 11.5. The zero-order valence-corrected chi connectivity index (χ0v) is 19.4. The van der Waals surface area contributed by atoms with Gasteiger partial charge in [0.25, 0.3) is 5.91 Å². The molecule has 1 aromatic heterocycles. The molecule has 0 saturated carbocycles. The van der Waals surface area contributed by atoms with Gasteiger partial charge in [-0.2, -0.15) is 0 Å². The molecular formula is C30H21NO5. The van der Waals surface area contributed by atoms with Crippen LogP contribution in [0.3, 0.4) is 0 Å². The van der Waals surface area contributed by atoms with Gasteiger partial charge in [0.05, 0.1) is 18.4 Å². The minimum Gasteiger partial charge on any atom is -0.495 e. The van der Waals surface area contributed by atoms with Crippen molar-refractivity contribution in [2.75, 3.05) is 19.0 Å². The van der Waals surface area contributed by atoms with E-state index in [4.69, 9.17) is 13.9 Å². The Hall–Kier alpha value is -4.84. The molecule has 0 aliphatic rings. The summed E-state index contributed by atoms with van der Waals surface area (Å²) in [6, 6.07) is 28.5. The highest BCUT2D eigenvalue weighted by Gasteiger charge is 2.19. The van der Waals surface area contributed by atoms with Crippen LogP contribution in [0.4, 0.5) is 5.69 Å². The molecule has 1 heterocycles. The quantitative estimate of drug-likeness (QED) is 0.222. The zero-order chi connectivity index (χ0) is 24.6. The number of esters is 1. The van der Waals surface area contributed by atoms with Crippen molar-refractivity contribution in [3.8, 4) is 5.75 Å². The second-order valence-electron chi connectivity index (χ2n) is 8.47. The molecule has 0 unspecified atom stereocenters. The van der Waals surface area contributed by atoms with Gasteiger partial charge in [0.2, 0.25) is 0 Å². The molecular weight excluding hydrogens is 454 g/mol. The Labute approximate surface area is 206 Å². The summed E-state index contributed by atoms with van der Waals surface area (Å²) in [7, 11) is 1.53. The van der Waals surface area contributed by atoms with E-state index in [1.807, 2.05) is 84.9 Å². The highest BCUT2D eigenvalue weighted by Crippen LogP contribution is 2.36. The number of carbonyl (C=O) groups excluding carboxylic acids is 2. The van der Waals surface area contributed by atoms with Crippen molar-refractivity contribution in [3.05, 3.63) is 96.6 Å². The SMILES string of the molecule is COc1cc2c(cc1NC(=O)COC(=O)c1c3ccccc3cc3ccccc13)oc1ccccc12. The number of amides is 1. The lowest BCUT2D eigenvalue weighted by Gasteiger charge is -2.13. The van der Waals surface area contributed by atoms with Crippen LogP contribution in [0, 0.1) is 0 Å². The number of benzene rings is 5. The molecule has 5 aromatic carbocycles. The van der Waals surface area contributed by atoms with Gasteiger partial charge in [-0.15, -0.1) is 0 Å². The lowest BCUT2D eigenvalue weighted by atomic mass is 9.97.